The van der Waals surface area contributed by atoms with Gasteiger partial charge in [-0.05, 0) is 65.4 Å². The van der Waals surface area contributed by atoms with Crippen LogP contribution in [0.3, 0.4) is 0 Å². The summed E-state index contributed by atoms with van der Waals surface area (Å²) in [5.41, 5.74) is 3.16. The standard InChI is InChI=1S/C28H26BrN3O3S/c1-34-25-17-21(9-12-24(25)35-19-20-7-10-22(29)11-8-20)18-26-27(33)30-28(36-26)32-15-13-31(14-16-32)23-5-3-2-4-6-23/h2-12,17-18H,13-16,19H2,1H3/b26-18-. The zero-order valence-electron chi connectivity index (χ0n) is 19.9. The normalized spacial score (nSPS) is 16.9. The number of anilines is 1. The van der Waals surface area contributed by atoms with Crippen LogP contribution < -0.4 is 14.4 Å². The first-order valence-electron chi connectivity index (χ1n) is 11.7. The molecule has 2 aliphatic rings. The summed E-state index contributed by atoms with van der Waals surface area (Å²) < 4.78 is 12.6. The smallest absolute Gasteiger partial charge is 0.286 e. The summed E-state index contributed by atoms with van der Waals surface area (Å²) >= 11 is 4.88. The SMILES string of the molecule is COc1cc(/C=C2\SC(N3CCN(c4ccccc4)CC3)=NC2=O)ccc1OCc1ccc(Br)cc1. The van der Waals surface area contributed by atoms with Crippen molar-refractivity contribution in [3.05, 3.63) is 93.3 Å². The number of amides is 1. The largest absolute Gasteiger partial charge is 0.493 e. The van der Waals surface area contributed by atoms with Crippen LogP contribution in [0.15, 0.2) is 87.2 Å². The highest BCUT2D eigenvalue weighted by Gasteiger charge is 2.28. The van der Waals surface area contributed by atoms with Gasteiger partial charge in [-0.1, -0.05) is 52.3 Å². The Hall–Kier alpha value is -3.23. The van der Waals surface area contributed by atoms with E-state index in [1.807, 2.05) is 54.6 Å². The molecule has 1 amide bonds. The second kappa shape index (κ2) is 11.2. The van der Waals surface area contributed by atoms with E-state index in [0.717, 1.165) is 46.9 Å². The second-order valence-corrected chi connectivity index (χ2v) is 10.4. The topological polar surface area (TPSA) is 54.4 Å². The number of thioether (sulfide) groups is 1. The van der Waals surface area contributed by atoms with E-state index >= 15 is 0 Å². The van der Waals surface area contributed by atoms with Crippen molar-refractivity contribution < 1.29 is 14.3 Å². The monoisotopic (exact) mass is 563 g/mol. The Kier molecular flexibility index (Phi) is 7.63. The summed E-state index contributed by atoms with van der Waals surface area (Å²) in [6.45, 7) is 3.90. The van der Waals surface area contributed by atoms with Gasteiger partial charge >= 0.3 is 0 Å². The number of hydrogen-bond acceptors (Lipinski definition) is 6. The average molecular weight is 565 g/mol. The number of halogens is 1. The minimum atomic E-state index is -0.199. The number of benzene rings is 3. The molecule has 184 valence electrons. The van der Waals surface area contributed by atoms with Crippen molar-refractivity contribution in [2.75, 3.05) is 38.2 Å². The first-order valence-corrected chi connectivity index (χ1v) is 13.3. The summed E-state index contributed by atoms with van der Waals surface area (Å²) in [5.74, 6) is 1.08. The fraction of sp³-hybridized carbons (Fsp3) is 0.214. The van der Waals surface area contributed by atoms with Gasteiger partial charge < -0.3 is 19.3 Å². The molecule has 1 saturated heterocycles. The molecule has 2 aliphatic heterocycles. The first-order chi connectivity index (χ1) is 17.6. The zero-order chi connectivity index (χ0) is 24.9. The second-order valence-electron chi connectivity index (χ2n) is 8.45. The Labute approximate surface area is 223 Å². The van der Waals surface area contributed by atoms with E-state index in [-0.39, 0.29) is 5.91 Å². The minimum Gasteiger partial charge on any atom is -0.493 e. The van der Waals surface area contributed by atoms with E-state index in [2.05, 4.69) is 55.0 Å². The lowest BCUT2D eigenvalue weighted by Crippen LogP contribution is -2.47. The predicted molar refractivity (Wildman–Crippen MR) is 150 cm³/mol. The van der Waals surface area contributed by atoms with E-state index in [0.29, 0.717) is 23.0 Å². The number of rotatable bonds is 6. The molecule has 3 aromatic carbocycles. The van der Waals surface area contributed by atoms with Crippen molar-refractivity contribution in [3.63, 3.8) is 0 Å². The number of hydrogen-bond donors (Lipinski definition) is 0. The molecule has 0 bridgehead atoms. The van der Waals surface area contributed by atoms with E-state index in [4.69, 9.17) is 9.47 Å². The molecule has 0 radical (unpaired) electrons. The van der Waals surface area contributed by atoms with Crippen LogP contribution >= 0.6 is 27.7 Å². The van der Waals surface area contributed by atoms with Crippen LogP contribution in [0.5, 0.6) is 11.5 Å². The molecule has 36 heavy (non-hydrogen) atoms. The third-order valence-corrected chi connectivity index (χ3v) is 7.65. The van der Waals surface area contributed by atoms with Gasteiger partial charge in [0.1, 0.15) is 6.61 Å². The highest BCUT2D eigenvalue weighted by atomic mass is 79.9. The molecule has 0 aromatic heterocycles. The number of carbonyl (C=O) groups excluding carboxylic acids is 1. The van der Waals surface area contributed by atoms with Gasteiger partial charge in [0.25, 0.3) is 5.91 Å². The number of methoxy groups -OCH3 is 1. The van der Waals surface area contributed by atoms with Gasteiger partial charge in [-0.15, -0.1) is 0 Å². The fourth-order valence-corrected chi connectivity index (χ4v) is 5.34. The van der Waals surface area contributed by atoms with E-state index < -0.39 is 0 Å². The zero-order valence-corrected chi connectivity index (χ0v) is 22.3. The molecule has 5 rings (SSSR count). The van der Waals surface area contributed by atoms with Crippen molar-refractivity contribution in [1.29, 1.82) is 0 Å². The van der Waals surface area contributed by atoms with Crippen LogP contribution in [0, 0.1) is 0 Å². The van der Waals surface area contributed by atoms with Crippen LogP contribution in [0.2, 0.25) is 0 Å². The highest BCUT2D eigenvalue weighted by Crippen LogP contribution is 2.34. The van der Waals surface area contributed by atoms with Crippen molar-refractivity contribution >= 4 is 50.5 Å². The van der Waals surface area contributed by atoms with Crippen LogP contribution in [-0.4, -0.2) is 49.3 Å². The van der Waals surface area contributed by atoms with Gasteiger partial charge in [-0.25, -0.2) is 0 Å². The first kappa shape index (κ1) is 24.5. The molecule has 0 aliphatic carbocycles. The Bertz CT molecular complexity index is 1290. The molecular formula is C28H26BrN3O3S. The highest BCUT2D eigenvalue weighted by molar-refractivity contribution is 9.10. The van der Waals surface area contributed by atoms with E-state index in [1.54, 1.807) is 7.11 Å². The Morgan fingerprint density at radius 2 is 1.67 bits per heavy atom. The van der Waals surface area contributed by atoms with Crippen LogP contribution in [-0.2, 0) is 11.4 Å². The maximum atomic E-state index is 12.6. The Morgan fingerprint density at radius 1 is 0.944 bits per heavy atom. The number of nitrogens with zero attached hydrogens (tertiary/aromatic N) is 3. The molecule has 2 heterocycles. The average Bonchev–Trinajstić information content (AvgIpc) is 3.29. The van der Waals surface area contributed by atoms with Crippen molar-refractivity contribution in [1.82, 2.24) is 4.90 Å². The van der Waals surface area contributed by atoms with Crippen molar-refractivity contribution in [2.45, 2.75) is 6.61 Å². The molecule has 6 nitrogen and oxygen atoms in total. The molecule has 0 N–H and O–H groups in total. The minimum absolute atomic E-state index is 0.199. The molecule has 0 saturated carbocycles. The molecule has 8 heteroatoms. The van der Waals surface area contributed by atoms with Crippen LogP contribution in [0.1, 0.15) is 11.1 Å². The van der Waals surface area contributed by atoms with E-state index in [1.165, 1.54) is 17.4 Å². The maximum absolute atomic E-state index is 12.6. The molecule has 0 atom stereocenters. The summed E-state index contributed by atoms with van der Waals surface area (Å²) in [6, 6.07) is 24.1. The predicted octanol–water partition coefficient (Wildman–Crippen LogP) is 5.83. The maximum Gasteiger partial charge on any atom is 0.286 e. The van der Waals surface area contributed by atoms with Gasteiger partial charge in [-0.3, -0.25) is 4.79 Å². The van der Waals surface area contributed by atoms with Crippen LogP contribution in [0.4, 0.5) is 5.69 Å². The Balaban J connectivity index is 1.21. The number of aliphatic imine (C=N–C) groups is 1. The van der Waals surface area contributed by atoms with Crippen molar-refractivity contribution in [2.24, 2.45) is 4.99 Å². The fourth-order valence-electron chi connectivity index (χ4n) is 4.11. The molecule has 3 aromatic rings. The summed E-state index contributed by atoms with van der Waals surface area (Å²) in [4.78, 5) is 22.2. The van der Waals surface area contributed by atoms with Crippen LogP contribution in [0.25, 0.3) is 6.08 Å². The van der Waals surface area contributed by atoms with Gasteiger partial charge in [0.15, 0.2) is 16.7 Å². The number of para-hydroxylation sites is 1. The molecule has 0 spiro atoms. The molecular weight excluding hydrogens is 538 g/mol. The third-order valence-electron chi connectivity index (χ3n) is 6.07. The lowest BCUT2D eigenvalue weighted by molar-refractivity contribution is -0.113. The van der Waals surface area contributed by atoms with E-state index in [9.17, 15) is 4.79 Å². The van der Waals surface area contributed by atoms with Gasteiger partial charge in [-0.2, -0.15) is 4.99 Å². The van der Waals surface area contributed by atoms with Gasteiger partial charge in [0.2, 0.25) is 0 Å². The number of carbonyl (C=O) groups is 1. The Morgan fingerprint density at radius 3 is 2.39 bits per heavy atom. The quantitative estimate of drug-likeness (QED) is 0.352. The lowest BCUT2D eigenvalue weighted by atomic mass is 10.2. The summed E-state index contributed by atoms with van der Waals surface area (Å²) in [5, 5.41) is 0.778. The summed E-state index contributed by atoms with van der Waals surface area (Å²) in [7, 11) is 1.62. The third kappa shape index (κ3) is 5.77. The summed E-state index contributed by atoms with van der Waals surface area (Å²) in [6.07, 6.45) is 1.87. The number of amidine groups is 1. The molecule has 1 fully saturated rings. The van der Waals surface area contributed by atoms with Gasteiger partial charge in [0, 0.05) is 36.3 Å². The lowest BCUT2D eigenvalue weighted by Gasteiger charge is -2.36. The number of ether oxygens (including phenoxy) is 2. The van der Waals surface area contributed by atoms with Gasteiger partial charge in [0.05, 0.1) is 12.0 Å². The van der Waals surface area contributed by atoms with Crippen molar-refractivity contribution in [3.8, 4) is 11.5 Å². The number of piperazine rings is 1. The molecule has 0 unspecified atom stereocenters.